The Hall–Kier alpha value is -0.980. The van der Waals surface area contributed by atoms with Crippen molar-refractivity contribution in [1.82, 2.24) is 15.6 Å². The van der Waals surface area contributed by atoms with Gasteiger partial charge in [-0.25, -0.2) is 4.98 Å². The van der Waals surface area contributed by atoms with Gasteiger partial charge in [0.1, 0.15) is 10.7 Å². The van der Waals surface area contributed by atoms with Crippen molar-refractivity contribution in [1.29, 1.82) is 0 Å². The molecule has 0 saturated carbocycles. The number of hydrogen-bond acceptors (Lipinski definition) is 5. The molecule has 1 aliphatic heterocycles. The van der Waals surface area contributed by atoms with Gasteiger partial charge in [0.05, 0.1) is 6.04 Å². The Morgan fingerprint density at radius 2 is 2.62 bits per heavy atom. The van der Waals surface area contributed by atoms with Crippen LogP contribution in [-0.2, 0) is 0 Å². The molecule has 0 aliphatic carbocycles. The zero-order chi connectivity index (χ0) is 11.4. The van der Waals surface area contributed by atoms with Gasteiger partial charge in [-0.3, -0.25) is 4.79 Å². The van der Waals surface area contributed by atoms with Crippen molar-refractivity contribution in [2.24, 2.45) is 5.73 Å². The number of nitrogens with one attached hydrogen (secondary N) is 2. The number of nitrogens with two attached hydrogens (primary N) is 1. The smallest absolute Gasteiger partial charge is 0.270 e. The second-order valence-electron chi connectivity index (χ2n) is 3.76. The number of aromatic nitrogens is 1. The van der Waals surface area contributed by atoms with E-state index in [1.54, 1.807) is 16.7 Å². The highest BCUT2D eigenvalue weighted by molar-refractivity contribution is 7.09. The fraction of sp³-hybridized carbons (Fsp3) is 0.600. The molecule has 1 fully saturated rings. The molecular weight excluding hydrogens is 224 g/mol. The number of amides is 1. The third-order valence-electron chi connectivity index (χ3n) is 2.54. The monoisotopic (exact) mass is 240 g/mol. The molecule has 2 rings (SSSR count). The van der Waals surface area contributed by atoms with Gasteiger partial charge in [0.15, 0.2) is 0 Å². The Morgan fingerprint density at radius 3 is 3.31 bits per heavy atom. The minimum Gasteiger partial charge on any atom is -0.349 e. The van der Waals surface area contributed by atoms with Crippen LogP contribution in [0.2, 0.25) is 0 Å². The number of carbonyl (C=O) groups excluding carboxylic acids is 1. The van der Waals surface area contributed by atoms with Gasteiger partial charge in [0.25, 0.3) is 5.91 Å². The third kappa shape index (κ3) is 2.58. The summed E-state index contributed by atoms with van der Waals surface area (Å²) in [6.45, 7) is 1.99. The molecule has 1 aliphatic rings. The Balaban J connectivity index is 1.98. The van der Waals surface area contributed by atoms with E-state index in [0.717, 1.165) is 18.0 Å². The summed E-state index contributed by atoms with van der Waals surface area (Å²) in [5, 5.41) is 8.89. The van der Waals surface area contributed by atoms with Crippen LogP contribution in [0.25, 0.3) is 0 Å². The molecule has 16 heavy (non-hydrogen) atoms. The van der Waals surface area contributed by atoms with Gasteiger partial charge in [0.2, 0.25) is 0 Å². The van der Waals surface area contributed by atoms with Crippen molar-refractivity contribution in [3.63, 3.8) is 0 Å². The Labute approximate surface area is 98.4 Å². The first-order valence-electron chi connectivity index (χ1n) is 5.48. The van der Waals surface area contributed by atoms with Crippen LogP contribution in [0.1, 0.15) is 34.4 Å². The lowest BCUT2D eigenvalue weighted by molar-refractivity contribution is 0.0950. The molecule has 0 aromatic carbocycles. The topological polar surface area (TPSA) is 80.0 Å². The van der Waals surface area contributed by atoms with Crippen LogP contribution in [0.4, 0.5) is 0 Å². The predicted molar refractivity (Wildman–Crippen MR) is 63.5 cm³/mol. The van der Waals surface area contributed by atoms with E-state index < -0.39 is 0 Å². The first-order chi connectivity index (χ1) is 7.81. The van der Waals surface area contributed by atoms with E-state index in [-0.39, 0.29) is 5.91 Å². The molecule has 0 bridgehead atoms. The summed E-state index contributed by atoms with van der Waals surface area (Å²) in [4.78, 5) is 15.9. The van der Waals surface area contributed by atoms with E-state index in [1.165, 1.54) is 6.42 Å². The summed E-state index contributed by atoms with van der Waals surface area (Å²) in [5.74, 6) is -0.133. The summed E-state index contributed by atoms with van der Waals surface area (Å²) < 4.78 is 0. The Morgan fingerprint density at radius 1 is 1.75 bits per heavy atom. The van der Waals surface area contributed by atoms with Crippen LogP contribution in [0.5, 0.6) is 0 Å². The van der Waals surface area contributed by atoms with E-state index in [2.05, 4.69) is 15.6 Å². The average molecular weight is 240 g/mol. The van der Waals surface area contributed by atoms with Gasteiger partial charge in [-0.05, 0) is 19.4 Å². The van der Waals surface area contributed by atoms with Crippen molar-refractivity contribution in [2.45, 2.75) is 18.9 Å². The molecule has 0 radical (unpaired) electrons. The second-order valence-corrected chi connectivity index (χ2v) is 4.65. The van der Waals surface area contributed by atoms with Crippen LogP contribution in [0.15, 0.2) is 5.38 Å². The summed E-state index contributed by atoms with van der Waals surface area (Å²) in [6, 6.07) is 0.334. The highest BCUT2D eigenvalue weighted by Crippen LogP contribution is 2.25. The zero-order valence-electron chi connectivity index (χ0n) is 9.03. The van der Waals surface area contributed by atoms with Crippen molar-refractivity contribution < 1.29 is 4.79 Å². The van der Waals surface area contributed by atoms with E-state index in [1.807, 2.05) is 0 Å². The molecular formula is C10H16N4OS. The van der Waals surface area contributed by atoms with Crippen LogP contribution in [0.3, 0.4) is 0 Å². The quantitative estimate of drug-likeness (QED) is 0.705. The lowest BCUT2D eigenvalue weighted by atomic mass is 10.2. The van der Waals surface area contributed by atoms with Crippen LogP contribution >= 0.6 is 11.3 Å². The maximum Gasteiger partial charge on any atom is 0.270 e. The van der Waals surface area contributed by atoms with E-state index in [4.69, 9.17) is 5.73 Å². The Bertz CT molecular complexity index is 359. The van der Waals surface area contributed by atoms with Gasteiger partial charge < -0.3 is 16.4 Å². The number of rotatable bonds is 4. The largest absolute Gasteiger partial charge is 0.349 e. The minimum atomic E-state index is -0.133. The highest BCUT2D eigenvalue weighted by atomic mass is 32.1. The molecule has 1 saturated heterocycles. The summed E-state index contributed by atoms with van der Waals surface area (Å²) in [5.41, 5.74) is 5.82. The maximum absolute atomic E-state index is 11.6. The normalized spacial score (nSPS) is 19.9. The standard InChI is InChI=1S/C10H16N4OS/c11-3-5-13-9(15)8-6-16-10(14-8)7-2-1-4-12-7/h6-7,12H,1-5,11H2,(H,13,15). The second kappa shape index (κ2) is 5.38. The first kappa shape index (κ1) is 11.5. The average Bonchev–Trinajstić information content (AvgIpc) is 2.94. The van der Waals surface area contributed by atoms with Gasteiger partial charge in [0, 0.05) is 18.5 Å². The highest BCUT2D eigenvalue weighted by Gasteiger charge is 2.20. The SMILES string of the molecule is NCCNC(=O)c1csc(C2CCCN2)n1. The van der Waals surface area contributed by atoms with Crippen LogP contribution in [0, 0.1) is 0 Å². The third-order valence-corrected chi connectivity index (χ3v) is 3.50. The van der Waals surface area contributed by atoms with E-state index in [9.17, 15) is 4.79 Å². The summed E-state index contributed by atoms with van der Waals surface area (Å²) >= 11 is 1.54. The minimum absolute atomic E-state index is 0.133. The molecule has 0 spiro atoms. The van der Waals surface area contributed by atoms with Crippen molar-refractivity contribution in [2.75, 3.05) is 19.6 Å². The Kier molecular flexibility index (Phi) is 3.87. The van der Waals surface area contributed by atoms with Crippen LogP contribution in [-0.4, -0.2) is 30.5 Å². The van der Waals surface area contributed by atoms with Gasteiger partial charge in [-0.1, -0.05) is 0 Å². The molecule has 4 N–H and O–H groups in total. The predicted octanol–water partition coefficient (Wildman–Crippen LogP) is 0.256. The number of hydrogen-bond donors (Lipinski definition) is 3. The van der Waals surface area contributed by atoms with Gasteiger partial charge >= 0.3 is 0 Å². The van der Waals surface area contributed by atoms with E-state index in [0.29, 0.717) is 24.8 Å². The summed E-state index contributed by atoms with van der Waals surface area (Å²) in [6.07, 6.45) is 2.29. The zero-order valence-corrected chi connectivity index (χ0v) is 9.85. The van der Waals surface area contributed by atoms with Crippen molar-refractivity contribution >= 4 is 17.2 Å². The van der Waals surface area contributed by atoms with Crippen molar-refractivity contribution in [3.05, 3.63) is 16.1 Å². The molecule has 1 amide bonds. The number of carbonyl (C=O) groups is 1. The lowest BCUT2D eigenvalue weighted by Gasteiger charge is -2.04. The first-order valence-corrected chi connectivity index (χ1v) is 6.36. The summed E-state index contributed by atoms with van der Waals surface area (Å²) in [7, 11) is 0. The van der Waals surface area contributed by atoms with Crippen molar-refractivity contribution in [3.8, 4) is 0 Å². The van der Waals surface area contributed by atoms with Gasteiger partial charge in [-0.2, -0.15) is 0 Å². The number of thiazole rings is 1. The van der Waals surface area contributed by atoms with Crippen LogP contribution < -0.4 is 16.4 Å². The molecule has 1 aromatic rings. The van der Waals surface area contributed by atoms with E-state index >= 15 is 0 Å². The molecule has 1 aromatic heterocycles. The molecule has 6 heteroatoms. The fourth-order valence-electron chi connectivity index (χ4n) is 1.72. The molecule has 2 heterocycles. The molecule has 1 unspecified atom stereocenters. The molecule has 5 nitrogen and oxygen atoms in total. The lowest BCUT2D eigenvalue weighted by Crippen LogP contribution is -2.29. The molecule has 88 valence electrons. The van der Waals surface area contributed by atoms with Gasteiger partial charge in [-0.15, -0.1) is 11.3 Å². The maximum atomic E-state index is 11.6. The molecule has 1 atom stereocenters. The number of nitrogens with zero attached hydrogens (tertiary/aromatic N) is 1. The fourth-order valence-corrected chi connectivity index (χ4v) is 2.63.